The molecule has 3 nitrogen and oxygen atoms in total. The zero-order valence-electron chi connectivity index (χ0n) is 14.8. The van der Waals surface area contributed by atoms with E-state index in [1.807, 2.05) is 66.7 Å². The minimum absolute atomic E-state index is 0.107. The quantitative estimate of drug-likeness (QED) is 0.405. The fourth-order valence-electron chi connectivity index (χ4n) is 2.80. The largest absolute Gasteiger partial charge is 0.322 e. The van der Waals surface area contributed by atoms with E-state index in [2.05, 4.69) is 18.3 Å². The summed E-state index contributed by atoms with van der Waals surface area (Å²) in [6.45, 7) is 2.11. The number of thioether (sulfide) groups is 1. The third kappa shape index (κ3) is 4.04. The number of nitrogens with zero attached hydrogens (tertiary/aromatic N) is 1. The molecule has 0 aliphatic carbocycles. The van der Waals surface area contributed by atoms with Gasteiger partial charge in [0, 0.05) is 21.7 Å². The molecule has 1 N–H and O–H groups in total. The Morgan fingerprint density at radius 1 is 1.04 bits per heavy atom. The van der Waals surface area contributed by atoms with E-state index in [9.17, 15) is 4.79 Å². The number of para-hydroxylation sites is 1. The number of carbonyl (C=O) groups excluding carboxylic acids is 1. The third-order valence-corrected chi connectivity index (χ3v) is 6.07. The van der Waals surface area contributed by atoms with Crippen molar-refractivity contribution >= 4 is 44.9 Å². The Balaban J connectivity index is 1.54. The molecule has 0 radical (unpaired) electrons. The number of thiazole rings is 1. The van der Waals surface area contributed by atoms with Gasteiger partial charge in [-0.2, -0.15) is 0 Å². The number of benzene rings is 3. The summed E-state index contributed by atoms with van der Waals surface area (Å²) in [4.78, 5) is 18.4. The maximum atomic E-state index is 12.5. The highest BCUT2D eigenvalue weighted by atomic mass is 32.2. The minimum Gasteiger partial charge on any atom is -0.322 e. The van der Waals surface area contributed by atoms with Gasteiger partial charge in [0.25, 0.3) is 5.91 Å². The highest BCUT2D eigenvalue weighted by molar-refractivity contribution is 7.99. The fraction of sp³-hybridized carbons (Fsp3) is 0.0909. The van der Waals surface area contributed by atoms with E-state index >= 15 is 0 Å². The zero-order valence-corrected chi connectivity index (χ0v) is 16.4. The Bertz CT molecular complexity index is 1050. The van der Waals surface area contributed by atoms with Crippen LogP contribution in [0.1, 0.15) is 17.3 Å². The van der Waals surface area contributed by atoms with Crippen LogP contribution >= 0.6 is 23.1 Å². The molecule has 0 atom stereocenters. The number of aromatic nitrogens is 1. The van der Waals surface area contributed by atoms with Gasteiger partial charge in [0.15, 0.2) is 0 Å². The number of carbonyl (C=O) groups is 1. The maximum Gasteiger partial charge on any atom is 0.255 e. The first kappa shape index (κ1) is 17.8. The van der Waals surface area contributed by atoms with Gasteiger partial charge in [0.05, 0.1) is 10.2 Å². The van der Waals surface area contributed by atoms with E-state index in [1.54, 1.807) is 23.1 Å². The Labute approximate surface area is 166 Å². The molecule has 0 aliphatic heterocycles. The van der Waals surface area contributed by atoms with Crippen molar-refractivity contribution in [2.75, 3.05) is 11.1 Å². The molecule has 1 aromatic heterocycles. The van der Waals surface area contributed by atoms with Crippen LogP contribution in [0, 0.1) is 0 Å². The highest BCUT2D eigenvalue weighted by Crippen LogP contribution is 2.31. The van der Waals surface area contributed by atoms with Crippen LogP contribution in [0.3, 0.4) is 0 Å². The van der Waals surface area contributed by atoms with E-state index < -0.39 is 0 Å². The highest BCUT2D eigenvalue weighted by Gasteiger charge is 2.09. The molecule has 0 aliphatic rings. The second kappa shape index (κ2) is 7.94. The summed E-state index contributed by atoms with van der Waals surface area (Å²) in [5, 5.41) is 3.94. The van der Waals surface area contributed by atoms with Crippen LogP contribution in [0.2, 0.25) is 0 Å². The van der Waals surface area contributed by atoms with Crippen LogP contribution in [-0.2, 0) is 0 Å². The van der Waals surface area contributed by atoms with Crippen molar-refractivity contribution in [1.29, 1.82) is 0 Å². The molecule has 27 heavy (non-hydrogen) atoms. The molecule has 4 rings (SSSR count). The van der Waals surface area contributed by atoms with Gasteiger partial charge in [-0.05, 0) is 54.3 Å². The number of hydrogen-bond donors (Lipinski definition) is 1. The van der Waals surface area contributed by atoms with Crippen molar-refractivity contribution in [3.63, 3.8) is 0 Å². The van der Waals surface area contributed by atoms with Gasteiger partial charge in [-0.25, -0.2) is 4.98 Å². The van der Waals surface area contributed by atoms with Crippen LogP contribution in [0.15, 0.2) is 77.7 Å². The Morgan fingerprint density at radius 3 is 2.63 bits per heavy atom. The number of amides is 1. The number of nitrogens with one attached hydrogen (secondary N) is 1. The van der Waals surface area contributed by atoms with Gasteiger partial charge >= 0.3 is 0 Å². The first-order valence-corrected chi connectivity index (χ1v) is 10.5. The van der Waals surface area contributed by atoms with Gasteiger partial charge in [-0.1, -0.05) is 31.2 Å². The van der Waals surface area contributed by atoms with Gasteiger partial charge in [0.2, 0.25) is 0 Å². The normalized spacial score (nSPS) is 10.9. The molecule has 0 saturated carbocycles. The van der Waals surface area contributed by atoms with Crippen molar-refractivity contribution in [3.8, 4) is 10.6 Å². The molecule has 134 valence electrons. The van der Waals surface area contributed by atoms with E-state index in [0.717, 1.165) is 32.2 Å². The van der Waals surface area contributed by atoms with Gasteiger partial charge in [0.1, 0.15) is 5.01 Å². The second-order valence-corrected chi connectivity index (χ2v) is 8.35. The lowest BCUT2D eigenvalue weighted by Gasteiger charge is -2.07. The Kier molecular flexibility index (Phi) is 5.23. The van der Waals surface area contributed by atoms with Crippen molar-refractivity contribution in [2.24, 2.45) is 0 Å². The first-order chi connectivity index (χ1) is 13.2. The van der Waals surface area contributed by atoms with Crippen LogP contribution < -0.4 is 5.32 Å². The Hall–Kier alpha value is -2.63. The number of fused-ring (bicyclic) bond motifs is 1. The Morgan fingerprint density at radius 2 is 1.85 bits per heavy atom. The molecule has 5 heteroatoms. The van der Waals surface area contributed by atoms with Crippen molar-refractivity contribution in [3.05, 3.63) is 78.4 Å². The van der Waals surface area contributed by atoms with Gasteiger partial charge in [-0.3, -0.25) is 4.79 Å². The summed E-state index contributed by atoms with van der Waals surface area (Å²) in [6, 6.07) is 23.6. The van der Waals surface area contributed by atoms with Gasteiger partial charge in [-0.15, -0.1) is 23.1 Å². The van der Waals surface area contributed by atoms with Crippen LogP contribution in [-0.4, -0.2) is 16.6 Å². The molecular formula is C22H18N2OS2. The number of anilines is 1. The summed E-state index contributed by atoms with van der Waals surface area (Å²) in [6.07, 6.45) is 0. The predicted molar refractivity (Wildman–Crippen MR) is 116 cm³/mol. The average molecular weight is 391 g/mol. The molecule has 4 aromatic rings. The molecule has 0 spiro atoms. The SMILES string of the molecule is CCSc1ccc(C(=O)Nc2cccc(-c3nc4ccccc4s3)c2)cc1. The summed E-state index contributed by atoms with van der Waals surface area (Å²) in [5.41, 5.74) is 3.42. The minimum atomic E-state index is -0.107. The smallest absolute Gasteiger partial charge is 0.255 e. The lowest BCUT2D eigenvalue weighted by molar-refractivity contribution is 0.102. The molecule has 0 bridgehead atoms. The predicted octanol–water partition coefficient (Wildman–Crippen LogP) is 6.33. The molecule has 1 amide bonds. The topological polar surface area (TPSA) is 42.0 Å². The van der Waals surface area contributed by atoms with Gasteiger partial charge < -0.3 is 5.32 Å². The monoisotopic (exact) mass is 390 g/mol. The van der Waals surface area contributed by atoms with Crippen LogP contribution in [0.4, 0.5) is 5.69 Å². The molecule has 1 heterocycles. The van der Waals surface area contributed by atoms with Crippen molar-refractivity contribution < 1.29 is 4.79 Å². The molecule has 0 fully saturated rings. The second-order valence-electron chi connectivity index (χ2n) is 5.98. The van der Waals surface area contributed by atoms with E-state index in [4.69, 9.17) is 4.98 Å². The number of rotatable bonds is 5. The third-order valence-electron chi connectivity index (χ3n) is 4.09. The molecule has 0 saturated heterocycles. The van der Waals surface area contributed by atoms with E-state index in [-0.39, 0.29) is 5.91 Å². The zero-order chi connectivity index (χ0) is 18.6. The van der Waals surface area contributed by atoms with Crippen LogP contribution in [0.5, 0.6) is 0 Å². The molecule has 0 unspecified atom stereocenters. The lowest BCUT2D eigenvalue weighted by atomic mass is 10.2. The van der Waals surface area contributed by atoms with Crippen molar-refractivity contribution in [2.45, 2.75) is 11.8 Å². The van der Waals surface area contributed by atoms with E-state index in [1.165, 1.54) is 4.90 Å². The standard InChI is InChI=1S/C22H18N2OS2/c1-2-26-18-12-10-15(11-13-18)21(25)23-17-7-5-6-16(14-17)22-24-19-8-3-4-9-20(19)27-22/h3-14H,2H2,1H3,(H,23,25). The first-order valence-electron chi connectivity index (χ1n) is 8.73. The summed E-state index contributed by atoms with van der Waals surface area (Å²) < 4.78 is 1.16. The lowest BCUT2D eigenvalue weighted by Crippen LogP contribution is -2.11. The molecule has 3 aromatic carbocycles. The van der Waals surface area contributed by atoms with E-state index in [0.29, 0.717) is 5.56 Å². The number of hydrogen-bond acceptors (Lipinski definition) is 4. The summed E-state index contributed by atoms with van der Waals surface area (Å²) in [7, 11) is 0. The van der Waals surface area contributed by atoms with Crippen LogP contribution in [0.25, 0.3) is 20.8 Å². The average Bonchev–Trinajstić information content (AvgIpc) is 3.13. The summed E-state index contributed by atoms with van der Waals surface area (Å²) >= 11 is 3.42. The molecular weight excluding hydrogens is 372 g/mol. The fourth-order valence-corrected chi connectivity index (χ4v) is 4.42. The maximum absolute atomic E-state index is 12.5. The van der Waals surface area contributed by atoms with Crippen molar-refractivity contribution in [1.82, 2.24) is 4.98 Å². The summed E-state index contributed by atoms with van der Waals surface area (Å²) in [5.74, 6) is 0.911.